The largest absolute Gasteiger partial charge is 0.406 e. The molecule has 0 aliphatic rings. The highest BCUT2D eigenvalue weighted by atomic mass is 19.4. The van der Waals surface area contributed by atoms with Crippen LogP contribution in [0, 0.1) is 11.8 Å². The highest BCUT2D eigenvalue weighted by Crippen LogP contribution is 2.15. The molecule has 0 aromatic carbocycles. The Hall–Kier alpha value is -1.51. The van der Waals surface area contributed by atoms with Gasteiger partial charge in [-0.05, 0) is 31.6 Å². The third-order valence-electron chi connectivity index (χ3n) is 3.46. The fourth-order valence-corrected chi connectivity index (χ4v) is 2.36. The summed E-state index contributed by atoms with van der Waals surface area (Å²) >= 11 is 0. The van der Waals surface area contributed by atoms with Crippen LogP contribution in [0.15, 0.2) is 4.99 Å². The lowest BCUT2D eigenvalue weighted by Crippen LogP contribution is -2.42. The molecule has 0 fully saturated rings. The Balaban J connectivity index is 4.64. The fourth-order valence-electron chi connectivity index (χ4n) is 2.36. The lowest BCUT2D eigenvalue weighted by Gasteiger charge is -2.21. The maximum Gasteiger partial charge on any atom is 0.406 e. The molecule has 0 bridgehead atoms. The molecule has 25 heavy (non-hydrogen) atoms. The molecule has 0 aromatic rings. The Kier molecular flexibility index (Phi) is 11.2. The Labute approximate surface area is 147 Å². The zero-order valence-corrected chi connectivity index (χ0v) is 15.5. The number of amides is 1. The first-order chi connectivity index (χ1) is 11.6. The van der Waals surface area contributed by atoms with Crippen LogP contribution < -0.4 is 10.6 Å². The van der Waals surface area contributed by atoms with Crippen LogP contribution in [0.2, 0.25) is 0 Å². The van der Waals surface area contributed by atoms with E-state index >= 15 is 0 Å². The van der Waals surface area contributed by atoms with Gasteiger partial charge in [0.15, 0.2) is 5.96 Å². The summed E-state index contributed by atoms with van der Waals surface area (Å²) in [6.45, 7) is 5.61. The van der Waals surface area contributed by atoms with Crippen molar-refractivity contribution in [3.8, 4) is 0 Å². The van der Waals surface area contributed by atoms with Crippen molar-refractivity contribution in [2.75, 3.05) is 39.8 Å². The summed E-state index contributed by atoms with van der Waals surface area (Å²) in [5.74, 6) is 0.402. The summed E-state index contributed by atoms with van der Waals surface area (Å²) in [5, 5.41) is 15.2. The number of carbonyl (C=O) groups excluding carboxylic acids is 1. The molecule has 0 aliphatic heterocycles. The zero-order valence-electron chi connectivity index (χ0n) is 15.5. The molecule has 3 N–H and O–H groups in total. The van der Waals surface area contributed by atoms with E-state index in [2.05, 4.69) is 29.5 Å². The number of guanidine groups is 1. The molecule has 0 saturated heterocycles. The minimum atomic E-state index is -4.43. The molecule has 0 heterocycles. The van der Waals surface area contributed by atoms with Crippen LogP contribution >= 0.6 is 0 Å². The van der Waals surface area contributed by atoms with Crippen LogP contribution in [0.5, 0.6) is 0 Å². The number of nitrogens with zero attached hydrogens (tertiary/aromatic N) is 2. The molecule has 148 valence electrons. The van der Waals surface area contributed by atoms with Gasteiger partial charge in [0.05, 0.1) is 0 Å². The number of likely N-dealkylation sites (N-methyl/N-ethyl adjacent to an activating group) is 1. The Morgan fingerprint density at radius 2 is 1.92 bits per heavy atom. The fraction of sp³-hybridized carbons (Fsp3) is 0.875. The van der Waals surface area contributed by atoms with Gasteiger partial charge in [-0.2, -0.15) is 13.2 Å². The summed E-state index contributed by atoms with van der Waals surface area (Å²) in [6, 6.07) is 0. The number of nitrogens with one attached hydrogen (secondary N) is 2. The van der Waals surface area contributed by atoms with E-state index in [0.29, 0.717) is 36.3 Å². The lowest BCUT2D eigenvalue weighted by molar-refractivity contribution is -0.157. The van der Waals surface area contributed by atoms with Crippen molar-refractivity contribution in [2.24, 2.45) is 16.8 Å². The molecule has 1 amide bonds. The molecule has 0 spiro atoms. The third-order valence-corrected chi connectivity index (χ3v) is 3.46. The molecule has 0 aliphatic carbocycles. The second-order valence-corrected chi connectivity index (χ2v) is 6.45. The van der Waals surface area contributed by atoms with Gasteiger partial charge in [0.1, 0.15) is 13.1 Å². The van der Waals surface area contributed by atoms with Crippen LogP contribution in [-0.4, -0.2) is 67.9 Å². The number of halogens is 3. The lowest BCUT2D eigenvalue weighted by atomic mass is 9.94. The number of carbonyl (C=O) groups is 1. The van der Waals surface area contributed by atoms with E-state index in [1.165, 1.54) is 0 Å². The number of hydrogen-bond donors (Lipinski definition) is 3. The van der Waals surface area contributed by atoms with Gasteiger partial charge in [-0.25, -0.2) is 4.99 Å². The number of hydrogen-bond acceptors (Lipinski definition) is 3. The van der Waals surface area contributed by atoms with Crippen molar-refractivity contribution < 1.29 is 23.1 Å². The van der Waals surface area contributed by atoms with E-state index in [-0.39, 0.29) is 19.1 Å². The van der Waals surface area contributed by atoms with Crippen LogP contribution in [0.25, 0.3) is 0 Å². The van der Waals surface area contributed by atoms with Gasteiger partial charge in [0.25, 0.3) is 0 Å². The SMILES string of the molecule is CCNC(=NCC(=O)N(C)CC(F)(F)F)NCC(CCO)CC(C)C. The highest BCUT2D eigenvalue weighted by Gasteiger charge is 2.31. The van der Waals surface area contributed by atoms with Crippen LogP contribution in [-0.2, 0) is 4.79 Å². The predicted octanol–water partition coefficient (Wildman–Crippen LogP) is 1.61. The number of alkyl halides is 3. The second-order valence-electron chi connectivity index (χ2n) is 6.45. The standard InChI is InChI=1S/C16H31F3N4O2/c1-5-20-15(21-9-13(6-7-24)8-12(2)3)22-10-14(25)23(4)11-16(17,18)19/h12-13,24H,5-11H2,1-4H3,(H2,20,21,22). The Morgan fingerprint density at radius 3 is 2.40 bits per heavy atom. The molecule has 9 heteroatoms. The average Bonchev–Trinajstić information content (AvgIpc) is 2.47. The van der Waals surface area contributed by atoms with Crippen LogP contribution in [0.4, 0.5) is 13.2 Å². The van der Waals surface area contributed by atoms with Crippen molar-refractivity contribution in [3.05, 3.63) is 0 Å². The summed E-state index contributed by atoms with van der Waals surface area (Å²) in [4.78, 5) is 16.4. The van der Waals surface area contributed by atoms with Gasteiger partial charge in [0, 0.05) is 26.7 Å². The summed E-state index contributed by atoms with van der Waals surface area (Å²) in [5.41, 5.74) is 0. The zero-order chi connectivity index (χ0) is 19.5. The van der Waals surface area contributed by atoms with E-state index < -0.39 is 18.6 Å². The van der Waals surface area contributed by atoms with Gasteiger partial charge in [0.2, 0.25) is 5.91 Å². The first-order valence-electron chi connectivity index (χ1n) is 8.52. The van der Waals surface area contributed by atoms with Gasteiger partial charge in [-0.1, -0.05) is 13.8 Å². The summed E-state index contributed by atoms with van der Waals surface area (Å²) in [7, 11) is 1.10. The monoisotopic (exact) mass is 368 g/mol. The van der Waals surface area contributed by atoms with E-state index in [9.17, 15) is 18.0 Å². The van der Waals surface area contributed by atoms with Gasteiger partial charge in [-0.3, -0.25) is 4.79 Å². The van der Waals surface area contributed by atoms with Crippen LogP contribution in [0.1, 0.15) is 33.6 Å². The minimum absolute atomic E-state index is 0.0907. The van der Waals surface area contributed by atoms with Crippen molar-refractivity contribution in [3.63, 3.8) is 0 Å². The smallest absolute Gasteiger partial charge is 0.396 e. The van der Waals surface area contributed by atoms with Crippen molar-refractivity contribution >= 4 is 11.9 Å². The number of aliphatic hydroxyl groups excluding tert-OH is 1. The number of aliphatic hydroxyl groups is 1. The molecule has 0 rings (SSSR count). The quantitative estimate of drug-likeness (QED) is 0.404. The van der Waals surface area contributed by atoms with Crippen molar-refractivity contribution in [1.29, 1.82) is 0 Å². The van der Waals surface area contributed by atoms with Gasteiger partial charge >= 0.3 is 6.18 Å². The topological polar surface area (TPSA) is 77.0 Å². The normalized spacial score (nSPS) is 13.7. The van der Waals surface area contributed by atoms with E-state index in [1.807, 2.05) is 6.92 Å². The van der Waals surface area contributed by atoms with Crippen molar-refractivity contribution in [1.82, 2.24) is 15.5 Å². The van der Waals surface area contributed by atoms with Crippen LogP contribution in [0.3, 0.4) is 0 Å². The molecular formula is C16H31F3N4O2. The molecule has 1 unspecified atom stereocenters. The first kappa shape index (κ1) is 23.5. The van der Waals surface area contributed by atoms with Gasteiger partial charge in [-0.15, -0.1) is 0 Å². The predicted molar refractivity (Wildman–Crippen MR) is 92.3 cm³/mol. The first-order valence-corrected chi connectivity index (χ1v) is 8.52. The highest BCUT2D eigenvalue weighted by molar-refractivity contribution is 5.84. The van der Waals surface area contributed by atoms with Gasteiger partial charge < -0.3 is 20.6 Å². The summed E-state index contributed by atoms with van der Waals surface area (Å²) in [6.07, 6.45) is -2.84. The number of aliphatic imine (C=N–C) groups is 1. The molecular weight excluding hydrogens is 337 g/mol. The van der Waals surface area contributed by atoms with E-state index in [1.54, 1.807) is 0 Å². The Morgan fingerprint density at radius 1 is 1.28 bits per heavy atom. The molecule has 0 saturated carbocycles. The molecule has 1 atom stereocenters. The molecule has 0 radical (unpaired) electrons. The summed E-state index contributed by atoms with van der Waals surface area (Å²) < 4.78 is 36.9. The Bertz CT molecular complexity index is 415. The van der Waals surface area contributed by atoms with Crippen molar-refractivity contribution in [2.45, 2.75) is 39.8 Å². The molecule has 0 aromatic heterocycles. The van der Waals surface area contributed by atoms with E-state index in [0.717, 1.165) is 13.5 Å². The average molecular weight is 368 g/mol. The minimum Gasteiger partial charge on any atom is -0.396 e. The third kappa shape index (κ3) is 12.5. The number of rotatable bonds is 10. The maximum absolute atomic E-state index is 12.3. The second kappa shape index (κ2) is 11.9. The maximum atomic E-state index is 12.3. The van der Waals surface area contributed by atoms with E-state index in [4.69, 9.17) is 5.11 Å². The molecule has 6 nitrogen and oxygen atoms in total.